The number of benzene rings is 1. The van der Waals surface area contributed by atoms with Gasteiger partial charge in [0.25, 0.3) is 0 Å². The lowest BCUT2D eigenvalue weighted by atomic mass is 10.1. The van der Waals surface area contributed by atoms with Crippen LogP contribution in [0.25, 0.3) is 0 Å². The van der Waals surface area contributed by atoms with Gasteiger partial charge >= 0.3 is 6.18 Å². The van der Waals surface area contributed by atoms with Crippen molar-refractivity contribution >= 4 is 17.2 Å². The third-order valence-corrected chi connectivity index (χ3v) is 2.84. The van der Waals surface area contributed by atoms with Crippen LogP contribution in [-0.4, -0.2) is 30.0 Å². The summed E-state index contributed by atoms with van der Waals surface area (Å²) < 4.78 is 48.1. The first-order chi connectivity index (χ1) is 9.29. The summed E-state index contributed by atoms with van der Waals surface area (Å²) >= 11 is 4.39. The first kappa shape index (κ1) is 16.5. The van der Waals surface area contributed by atoms with Gasteiger partial charge in [0, 0.05) is 0 Å². The molecule has 1 aromatic rings. The van der Waals surface area contributed by atoms with Crippen molar-refractivity contribution in [2.45, 2.75) is 12.8 Å². The molecule has 0 aliphatic heterocycles. The van der Waals surface area contributed by atoms with Gasteiger partial charge in [-0.25, -0.2) is 0 Å². The molecule has 0 heterocycles. The van der Waals surface area contributed by atoms with E-state index in [-0.39, 0.29) is 18.1 Å². The number of aliphatic hydroxyl groups is 1. The second-order valence-electron chi connectivity index (χ2n) is 3.95. The first-order valence-electron chi connectivity index (χ1n) is 5.56. The fourth-order valence-electron chi connectivity index (χ4n) is 1.44. The predicted octanol–water partition coefficient (Wildman–Crippen LogP) is 2.03. The highest BCUT2D eigenvalue weighted by Gasteiger charge is 2.42. The van der Waals surface area contributed by atoms with Crippen LogP contribution in [-0.2, 0) is 6.61 Å². The first-order valence-corrected chi connectivity index (χ1v) is 5.97. The summed E-state index contributed by atoms with van der Waals surface area (Å²) in [6, 6.07) is 4.40. The molecular weight excluding hydrogens is 295 g/mol. The zero-order valence-corrected chi connectivity index (χ0v) is 11.4. The van der Waals surface area contributed by atoms with Gasteiger partial charge in [-0.2, -0.15) is 13.2 Å². The van der Waals surface area contributed by atoms with Gasteiger partial charge in [0.15, 0.2) is 11.5 Å². The largest absolute Gasteiger partial charge is 0.493 e. The van der Waals surface area contributed by atoms with Crippen molar-refractivity contribution in [1.29, 1.82) is 0 Å². The lowest BCUT2D eigenvalue weighted by molar-refractivity contribution is -0.161. The summed E-state index contributed by atoms with van der Waals surface area (Å²) in [5, 5.41) is 8.97. The molecule has 0 aliphatic carbocycles. The number of hydrogen-bond acceptors (Lipinski definition) is 4. The van der Waals surface area contributed by atoms with E-state index in [0.29, 0.717) is 5.56 Å². The topological polar surface area (TPSA) is 64.7 Å². The van der Waals surface area contributed by atoms with Gasteiger partial charge in [-0.3, -0.25) is 0 Å². The predicted molar refractivity (Wildman–Crippen MR) is 70.7 cm³/mol. The fourth-order valence-corrected chi connectivity index (χ4v) is 1.64. The number of nitrogens with two attached hydrogens (primary N) is 1. The molecule has 1 rings (SSSR count). The van der Waals surface area contributed by atoms with Gasteiger partial charge < -0.3 is 20.3 Å². The van der Waals surface area contributed by atoms with E-state index in [1.165, 1.54) is 25.3 Å². The SMILES string of the molecule is COc1cc(CO)ccc1OCC(C(N)=S)C(F)(F)F. The number of ether oxygens (including phenoxy) is 2. The molecule has 8 heteroatoms. The highest BCUT2D eigenvalue weighted by molar-refractivity contribution is 7.80. The van der Waals surface area contributed by atoms with Crippen LogP contribution < -0.4 is 15.2 Å². The van der Waals surface area contributed by atoms with Crippen molar-refractivity contribution in [2.24, 2.45) is 11.7 Å². The minimum atomic E-state index is -4.57. The second-order valence-corrected chi connectivity index (χ2v) is 4.42. The van der Waals surface area contributed by atoms with Gasteiger partial charge in [-0.1, -0.05) is 18.3 Å². The molecule has 0 saturated carbocycles. The van der Waals surface area contributed by atoms with E-state index in [1.54, 1.807) is 0 Å². The van der Waals surface area contributed by atoms with Crippen molar-refractivity contribution in [3.05, 3.63) is 23.8 Å². The highest BCUT2D eigenvalue weighted by atomic mass is 32.1. The summed E-state index contributed by atoms with van der Waals surface area (Å²) in [5.74, 6) is -1.68. The maximum atomic E-state index is 12.7. The van der Waals surface area contributed by atoms with E-state index in [4.69, 9.17) is 20.3 Å². The number of aliphatic hydroxyl groups excluding tert-OH is 1. The molecule has 1 aromatic carbocycles. The maximum absolute atomic E-state index is 12.7. The Kier molecular flexibility index (Phi) is 5.58. The molecule has 0 spiro atoms. The molecule has 4 nitrogen and oxygen atoms in total. The molecule has 0 amide bonds. The Morgan fingerprint density at radius 3 is 2.50 bits per heavy atom. The summed E-state index contributed by atoms with van der Waals surface area (Å²) in [6.07, 6.45) is -4.57. The average molecular weight is 309 g/mol. The van der Waals surface area contributed by atoms with Crippen LogP contribution in [0.5, 0.6) is 11.5 Å². The molecule has 1 atom stereocenters. The number of alkyl halides is 3. The van der Waals surface area contributed by atoms with Gasteiger partial charge in [0.1, 0.15) is 12.5 Å². The zero-order valence-electron chi connectivity index (χ0n) is 10.6. The van der Waals surface area contributed by atoms with E-state index >= 15 is 0 Å². The molecule has 20 heavy (non-hydrogen) atoms. The maximum Gasteiger partial charge on any atom is 0.401 e. The van der Waals surface area contributed by atoms with Crippen molar-refractivity contribution in [1.82, 2.24) is 0 Å². The Bertz CT molecular complexity index is 480. The molecule has 1 unspecified atom stereocenters. The van der Waals surface area contributed by atoms with Gasteiger partial charge in [-0.15, -0.1) is 0 Å². The van der Waals surface area contributed by atoms with Crippen LogP contribution in [0.1, 0.15) is 5.56 Å². The van der Waals surface area contributed by atoms with E-state index in [1.807, 2.05) is 0 Å². The molecular formula is C12H14F3NO3S. The standard InChI is InChI=1S/C12H14F3NO3S/c1-18-10-4-7(5-17)2-3-9(10)19-6-8(11(16)20)12(13,14)15/h2-4,8,17H,5-6H2,1H3,(H2,16,20). The van der Waals surface area contributed by atoms with Crippen molar-refractivity contribution in [3.8, 4) is 11.5 Å². The summed E-state index contributed by atoms with van der Waals surface area (Å²) in [6.45, 7) is -0.942. The second kappa shape index (κ2) is 6.76. The third-order valence-electron chi connectivity index (χ3n) is 2.55. The smallest absolute Gasteiger partial charge is 0.401 e. The number of thiocarbonyl (C=S) groups is 1. The van der Waals surface area contributed by atoms with Crippen LogP contribution >= 0.6 is 12.2 Å². The highest BCUT2D eigenvalue weighted by Crippen LogP contribution is 2.31. The third kappa shape index (κ3) is 4.24. The molecule has 0 aromatic heterocycles. The molecule has 0 fully saturated rings. The van der Waals surface area contributed by atoms with E-state index < -0.39 is 23.7 Å². The van der Waals surface area contributed by atoms with E-state index in [2.05, 4.69) is 12.2 Å². The van der Waals surface area contributed by atoms with Gasteiger partial charge in [0.2, 0.25) is 0 Å². The van der Waals surface area contributed by atoms with Crippen LogP contribution in [0.3, 0.4) is 0 Å². The fraction of sp³-hybridized carbons (Fsp3) is 0.417. The Morgan fingerprint density at radius 2 is 2.05 bits per heavy atom. The van der Waals surface area contributed by atoms with E-state index in [0.717, 1.165) is 0 Å². The number of methoxy groups -OCH3 is 1. The van der Waals surface area contributed by atoms with Crippen LogP contribution in [0.15, 0.2) is 18.2 Å². The Labute approximate surface area is 119 Å². The van der Waals surface area contributed by atoms with Gasteiger partial charge in [-0.05, 0) is 17.7 Å². The molecule has 0 bridgehead atoms. The Balaban J connectivity index is 2.85. The van der Waals surface area contributed by atoms with E-state index in [9.17, 15) is 13.2 Å². The van der Waals surface area contributed by atoms with Crippen molar-refractivity contribution in [3.63, 3.8) is 0 Å². The summed E-state index contributed by atoms with van der Waals surface area (Å²) in [4.78, 5) is -0.677. The molecule has 0 radical (unpaired) electrons. The van der Waals surface area contributed by atoms with Gasteiger partial charge in [0.05, 0.1) is 18.7 Å². The summed E-state index contributed by atoms with van der Waals surface area (Å²) in [7, 11) is 1.35. The number of hydrogen-bond donors (Lipinski definition) is 2. The number of halogens is 3. The quantitative estimate of drug-likeness (QED) is 0.787. The minimum Gasteiger partial charge on any atom is -0.493 e. The van der Waals surface area contributed by atoms with Crippen LogP contribution in [0, 0.1) is 5.92 Å². The van der Waals surface area contributed by atoms with Crippen LogP contribution in [0.2, 0.25) is 0 Å². The Morgan fingerprint density at radius 1 is 1.40 bits per heavy atom. The molecule has 112 valence electrons. The lowest BCUT2D eigenvalue weighted by Crippen LogP contribution is -2.38. The molecule has 0 aliphatic rings. The normalized spacial score (nSPS) is 12.8. The van der Waals surface area contributed by atoms with Crippen molar-refractivity contribution in [2.75, 3.05) is 13.7 Å². The minimum absolute atomic E-state index is 0.121. The molecule has 3 N–H and O–H groups in total. The molecule has 0 saturated heterocycles. The monoisotopic (exact) mass is 309 g/mol. The number of rotatable bonds is 6. The lowest BCUT2D eigenvalue weighted by Gasteiger charge is -2.20. The summed E-state index contributed by atoms with van der Waals surface area (Å²) in [5.41, 5.74) is 5.62. The Hall–Kier alpha value is -1.54. The van der Waals surface area contributed by atoms with Crippen molar-refractivity contribution < 1.29 is 27.8 Å². The average Bonchev–Trinajstić information content (AvgIpc) is 2.37. The zero-order chi connectivity index (χ0) is 15.3. The van der Waals surface area contributed by atoms with Crippen LogP contribution in [0.4, 0.5) is 13.2 Å².